The van der Waals surface area contributed by atoms with Gasteiger partial charge in [0.15, 0.2) is 0 Å². The topological polar surface area (TPSA) is 21.3 Å². The van der Waals surface area contributed by atoms with Gasteiger partial charge in [0.1, 0.15) is 12.4 Å². The molecule has 0 amide bonds. The Morgan fingerprint density at radius 3 is 3.00 bits per heavy atom. The van der Waals surface area contributed by atoms with E-state index in [0.29, 0.717) is 6.61 Å². The normalized spacial score (nSPS) is 29.4. The number of allylic oxidation sites excluding steroid dienone is 2. The van der Waals surface area contributed by atoms with Crippen molar-refractivity contribution in [3.8, 4) is 0 Å². The number of ether oxygens (including phenoxy) is 1. The van der Waals surface area contributed by atoms with Crippen molar-refractivity contribution >= 4 is 0 Å². The second-order valence-corrected chi connectivity index (χ2v) is 2.34. The summed E-state index contributed by atoms with van der Waals surface area (Å²) in [5, 5.41) is 3.20. The molecular formula is C8H13NO. The van der Waals surface area contributed by atoms with Crippen molar-refractivity contribution in [2.45, 2.75) is 13.8 Å². The van der Waals surface area contributed by atoms with E-state index in [0.717, 1.165) is 18.0 Å². The van der Waals surface area contributed by atoms with Gasteiger partial charge >= 0.3 is 0 Å². The summed E-state index contributed by atoms with van der Waals surface area (Å²) in [4.78, 5) is 0. The third kappa shape index (κ3) is 1.79. The van der Waals surface area contributed by atoms with Gasteiger partial charge in [0.05, 0.1) is 0 Å². The quantitative estimate of drug-likeness (QED) is 0.512. The lowest BCUT2D eigenvalue weighted by molar-refractivity contribution is 0.241. The van der Waals surface area contributed by atoms with Crippen LogP contribution in [0.2, 0.25) is 0 Å². The molecule has 0 fully saturated rings. The summed E-state index contributed by atoms with van der Waals surface area (Å²) >= 11 is 0. The van der Waals surface area contributed by atoms with Crippen LogP contribution in [-0.2, 0) is 4.74 Å². The van der Waals surface area contributed by atoms with E-state index in [1.807, 2.05) is 19.9 Å². The molecule has 0 unspecified atom stereocenters. The van der Waals surface area contributed by atoms with Gasteiger partial charge in [0, 0.05) is 12.2 Å². The zero-order chi connectivity index (χ0) is 7.40. The lowest BCUT2D eigenvalue weighted by Gasteiger charge is -2.12. The highest BCUT2D eigenvalue weighted by molar-refractivity contribution is 5.05. The Hall–Kier alpha value is -0.920. The van der Waals surface area contributed by atoms with Crippen LogP contribution in [0.1, 0.15) is 13.8 Å². The minimum atomic E-state index is 0.699. The molecule has 0 bridgehead atoms. The largest absolute Gasteiger partial charge is 0.492 e. The fourth-order valence-corrected chi connectivity index (χ4v) is 0.769. The van der Waals surface area contributed by atoms with Gasteiger partial charge in [0.25, 0.3) is 0 Å². The van der Waals surface area contributed by atoms with Gasteiger partial charge in [-0.3, -0.25) is 0 Å². The van der Waals surface area contributed by atoms with Crippen LogP contribution in [0, 0.1) is 0 Å². The Balaban J connectivity index is 2.57. The molecular weight excluding hydrogens is 126 g/mol. The smallest absolute Gasteiger partial charge is 0.112 e. The van der Waals surface area contributed by atoms with Gasteiger partial charge in [-0.25, -0.2) is 0 Å². The van der Waals surface area contributed by atoms with Crippen molar-refractivity contribution < 1.29 is 4.74 Å². The first-order valence-corrected chi connectivity index (χ1v) is 3.50. The summed E-state index contributed by atoms with van der Waals surface area (Å²) in [6, 6.07) is 0. The Labute approximate surface area is 61.6 Å². The van der Waals surface area contributed by atoms with Crippen LogP contribution < -0.4 is 5.32 Å². The van der Waals surface area contributed by atoms with Gasteiger partial charge in [-0.05, 0) is 19.9 Å². The van der Waals surface area contributed by atoms with Crippen molar-refractivity contribution in [3.63, 3.8) is 0 Å². The van der Waals surface area contributed by atoms with E-state index in [4.69, 9.17) is 4.74 Å². The molecule has 2 heteroatoms. The van der Waals surface area contributed by atoms with Gasteiger partial charge in [-0.1, -0.05) is 6.08 Å². The highest BCUT2D eigenvalue weighted by atomic mass is 16.5. The zero-order valence-electron chi connectivity index (χ0n) is 6.48. The Morgan fingerprint density at radius 2 is 2.20 bits per heavy atom. The average molecular weight is 139 g/mol. The molecule has 0 saturated heterocycles. The first kappa shape index (κ1) is 7.19. The maximum absolute atomic E-state index is 5.33. The molecule has 0 radical (unpaired) electrons. The van der Waals surface area contributed by atoms with Crippen LogP contribution in [0.4, 0.5) is 0 Å². The van der Waals surface area contributed by atoms with E-state index in [1.54, 1.807) is 0 Å². The Morgan fingerprint density at radius 1 is 1.40 bits per heavy atom. The molecule has 10 heavy (non-hydrogen) atoms. The summed E-state index contributed by atoms with van der Waals surface area (Å²) in [6.45, 7) is 5.60. The van der Waals surface area contributed by atoms with Crippen molar-refractivity contribution in [2.75, 3.05) is 13.2 Å². The number of nitrogens with one attached hydrogen (secondary N) is 1. The van der Waals surface area contributed by atoms with Crippen LogP contribution in [0.15, 0.2) is 23.6 Å². The zero-order valence-corrected chi connectivity index (χ0v) is 6.48. The van der Waals surface area contributed by atoms with Crippen molar-refractivity contribution in [2.24, 2.45) is 0 Å². The van der Waals surface area contributed by atoms with Crippen LogP contribution >= 0.6 is 0 Å². The van der Waals surface area contributed by atoms with Crippen molar-refractivity contribution in [1.82, 2.24) is 5.32 Å². The van der Waals surface area contributed by atoms with Crippen LogP contribution in [0.25, 0.3) is 0 Å². The fraction of sp³-hybridized carbons (Fsp3) is 0.500. The molecule has 0 aromatic rings. The van der Waals surface area contributed by atoms with E-state index >= 15 is 0 Å². The fourth-order valence-electron chi connectivity index (χ4n) is 0.769. The summed E-state index contributed by atoms with van der Waals surface area (Å²) in [5.74, 6) is 0.990. The second kappa shape index (κ2) is 3.30. The average Bonchev–Trinajstić information content (AvgIpc) is 1.92. The summed E-state index contributed by atoms with van der Waals surface area (Å²) in [6.07, 6.45) is 4.08. The van der Waals surface area contributed by atoms with Gasteiger partial charge < -0.3 is 10.1 Å². The highest BCUT2D eigenvalue weighted by Crippen LogP contribution is 2.03. The second-order valence-electron chi connectivity index (χ2n) is 2.34. The first-order chi connectivity index (χ1) is 4.80. The Kier molecular flexibility index (Phi) is 2.37. The number of hydrogen-bond acceptors (Lipinski definition) is 2. The van der Waals surface area contributed by atoms with Crippen molar-refractivity contribution in [1.29, 1.82) is 0 Å². The van der Waals surface area contributed by atoms with E-state index in [2.05, 4.69) is 11.4 Å². The van der Waals surface area contributed by atoms with Gasteiger partial charge in [-0.15, -0.1) is 0 Å². The molecule has 0 aromatic carbocycles. The monoisotopic (exact) mass is 139 g/mol. The summed E-state index contributed by atoms with van der Waals surface area (Å²) in [7, 11) is 0. The van der Waals surface area contributed by atoms with E-state index in [-0.39, 0.29) is 0 Å². The molecule has 0 aromatic heterocycles. The molecule has 0 aliphatic carbocycles. The number of rotatable bonds is 0. The maximum atomic E-state index is 5.33. The lowest BCUT2D eigenvalue weighted by Crippen LogP contribution is -2.15. The van der Waals surface area contributed by atoms with E-state index in [1.165, 1.54) is 0 Å². The molecule has 1 N–H and O–H groups in total. The molecule has 1 aliphatic rings. The minimum absolute atomic E-state index is 0.699. The van der Waals surface area contributed by atoms with Crippen LogP contribution in [0.3, 0.4) is 0 Å². The summed E-state index contributed by atoms with van der Waals surface area (Å²) in [5.41, 5.74) is 1.13. The first-order valence-electron chi connectivity index (χ1n) is 3.50. The molecule has 56 valence electrons. The van der Waals surface area contributed by atoms with Gasteiger partial charge in [-0.2, -0.15) is 0 Å². The summed E-state index contributed by atoms with van der Waals surface area (Å²) < 4.78 is 5.33. The third-order valence-electron chi connectivity index (χ3n) is 1.58. The molecule has 1 heterocycles. The molecule has 1 rings (SSSR count). The maximum Gasteiger partial charge on any atom is 0.112 e. The SMILES string of the molecule is C/C1=C(\C)OC/C=C\CN1. The van der Waals surface area contributed by atoms with Crippen molar-refractivity contribution in [3.05, 3.63) is 23.6 Å². The standard InChI is InChI=1S/C8H13NO/c1-7-8(2)10-6-4-3-5-9-7/h3-4,9H,5-6H2,1-2H3/b4-3-,8-7-. The molecule has 1 aliphatic heterocycles. The van der Waals surface area contributed by atoms with Crippen LogP contribution in [0.5, 0.6) is 0 Å². The van der Waals surface area contributed by atoms with E-state index in [9.17, 15) is 0 Å². The lowest BCUT2D eigenvalue weighted by atomic mass is 10.3. The predicted octanol–water partition coefficient (Wildman–Crippen LogP) is 1.41. The molecule has 0 spiro atoms. The third-order valence-corrected chi connectivity index (χ3v) is 1.58. The minimum Gasteiger partial charge on any atom is -0.492 e. The highest BCUT2D eigenvalue weighted by Gasteiger charge is 1.96. The van der Waals surface area contributed by atoms with Gasteiger partial charge in [0.2, 0.25) is 0 Å². The molecule has 0 saturated carbocycles. The number of hydrogen-bond donors (Lipinski definition) is 1. The van der Waals surface area contributed by atoms with Crippen LogP contribution in [-0.4, -0.2) is 13.2 Å². The molecule has 2 nitrogen and oxygen atoms in total. The predicted molar refractivity (Wildman–Crippen MR) is 41.5 cm³/mol. The van der Waals surface area contributed by atoms with E-state index < -0.39 is 0 Å². The Bertz CT molecular complexity index is 152. The molecule has 0 atom stereocenters.